The fraction of sp³-hybridized carbons (Fsp3) is 0.500. The van der Waals surface area contributed by atoms with Crippen molar-refractivity contribution in [2.45, 2.75) is 88.0 Å². The quantitative estimate of drug-likeness (QED) is 0.548. The van der Waals surface area contributed by atoms with Gasteiger partial charge in [0.15, 0.2) is 0 Å². The Kier molecular flexibility index (Phi) is 5.10. The number of hydrogen-bond donors (Lipinski definition) is 0. The summed E-state index contributed by atoms with van der Waals surface area (Å²) in [5.41, 5.74) is 18.3. The number of nitrogens with zero attached hydrogens (tertiary/aromatic N) is 1. The monoisotopic (exact) mass is 361 g/mol. The van der Waals surface area contributed by atoms with Crippen molar-refractivity contribution < 1.29 is 0 Å². The van der Waals surface area contributed by atoms with Crippen molar-refractivity contribution in [1.29, 1.82) is 0 Å². The van der Waals surface area contributed by atoms with Gasteiger partial charge >= 0.3 is 0 Å². The predicted molar refractivity (Wildman–Crippen MR) is 119 cm³/mol. The first kappa shape index (κ1) is 19.9. The molecule has 3 rings (SSSR count). The Bertz CT molecular complexity index is 942. The summed E-state index contributed by atoms with van der Waals surface area (Å²) in [5.74, 6) is 0.554. The molecule has 0 fully saturated rings. The minimum atomic E-state index is 0.554. The van der Waals surface area contributed by atoms with E-state index in [1.165, 1.54) is 72.6 Å². The third kappa shape index (κ3) is 2.87. The molecule has 1 nitrogen and oxygen atoms in total. The first-order chi connectivity index (χ1) is 12.6. The number of aliphatic imine (C=N–C) groups is 1. The molecular weight excluding hydrogens is 326 g/mol. The van der Waals surface area contributed by atoms with E-state index in [1.54, 1.807) is 0 Å². The standard InChI is InChI=1S/C26H35N/c1-11-21-15(5)14(4)16(6)22-12-23(27-26(21)22)25-19(9)17(7)24(13(2)3)18(8)20(25)10/h13H,11-12H2,1-10H3. The Morgan fingerprint density at radius 3 is 1.78 bits per heavy atom. The van der Waals surface area contributed by atoms with E-state index in [-0.39, 0.29) is 0 Å². The molecule has 2 aromatic carbocycles. The molecule has 0 amide bonds. The predicted octanol–water partition coefficient (Wildman–Crippen LogP) is 7.21. The van der Waals surface area contributed by atoms with E-state index in [9.17, 15) is 0 Å². The van der Waals surface area contributed by atoms with Gasteiger partial charge in [0.1, 0.15) is 0 Å². The largest absolute Gasteiger partial charge is 0.252 e. The highest BCUT2D eigenvalue weighted by molar-refractivity contribution is 6.09. The van der Waals surface area contributed by atoms with Gasteiger partial charge in [-0.15, -0.1) is 0 Å². The summed E-state index contributed by atoms with van der Waals surface area (Å²) < 4.78 is 0. The van der Waals surface area contributed by atoms with Gasteiger partial charge in [0, 0.05) is 12.0 Å². The van der Waals surface area contributed by atoms with E-state index in [2.05, 4.69) is 69.2 Å². The third-order valence-corrected chi connectivity index (χ3v) is 7.10. The topological polar surface area (TPSA) is 12.4 Å². The lowest BCUT2D eigenvalue weighted by molar-refractivity contribution is 0.839. The molecular formula is C26H35N. The molecule has 1 heterocycles. The van der Waals surface area contributed by atoms with Crippen molar-refractivity contribution in [2.24, 2.45) is 4.99 Å². The van der Waals surface area contributed by atoms with Crippen LogP contribution in [0.2, 0.25) is 0 Å². The molecule has 0 radical (unpaired) electrons. The Morgan fingerprint density at radius 2 is 1.30 bits per heavy atom. The van der Waals surface area contributed by atoms with Gasteiger partial charge in [0.05, 0.1) is 11.4 Å². The Hall–Kier alpha value is -1.89. The van der Waals surface area contributed by atoms with Crippen LogP contribution in [0.5, 0.6) is 0 Å². The third-order valence-electron chi connectivity index (χ3n) is 7.10. The van der Waals surface area contributed by atoms with Gasteiger partial charge in [-0.25, -0.2) is 0 Å². The van der Waals surface area contributed by atoms with Crippen LogP contribution in [0.15, 0.2) is 4.99 Å². The average Bonchev–Trinajstić information content (AvgIpc) is 3.03. The van der Waals surface area contributed by atoms with Gasteiger partial charge in [0.2, 0.25) is 0 Å². The molecule has 0 atom stereocenters. The van der Waals surface area contributed by atoms with Gasteiger partial charge in [-0.05, 0) is 116 Å². The lowest BCUT2D eigenvalue weighted by Gasteiger charge is -2.23. The number of rotatable bonds is 3. The SMILES string of the molecule is CCc1c(C)c(C)c(C)c2c1N=C(c1c(C)c(C)c(C(C)C)c(C)c1C)C2. The summed E-state index contributed by atoms with van der Waals surface area (Å²) in [6, 6.07) is 0. The first-order valence-electron chi connectivity index (χ1n) is 10.4. The Morgan fingerprint density at radius 1 is 0.741 bits per heavy atom. The van der Waals surface area contributed by atoms with E-state index < -0.39 is 0 Å². The maximum absolute atomic E-state index is 5.25. The fourth-order valence-electron chi connectivity index (χ4n) is 5.18. The second-order valence-corrected chi connectivity index (χ2v) is 8.71. The van der Waals surface area contributed by atoms with Crippen molar-refractivity contribution in [1.82, 2.24) is 0 Å². The summed E-state index contributed by atoms with van der Waals surface area (Å²) in [4.78, 5) is 5.25. The summed E-state index contributed by atoms with van der Waals surface area (Å²) in [5, 5.41) is 0. The Balaban J connectivity index is 2.26. The lowest BCUT2D eigenvalue weighted by atomic mass is 9.82. The number of hydrogen-bond acceptors (Lipinski definition) is 1. The van der Waals surface area contributed by atoms with Crippen molar-refractivity contribution in [3.05, 3.63) is 61.2 Å². The zero-order valence-electron chi connectivity index (χ0n) is 18.9. The zero-order valence-corrected chi connectivity index (χ0v) is 18.9. The van der Waals surface area contributed by atoms with Gasteiger partial charge in [-0.3, -0.25) is 4.99 Å². The van der Waals surface area contributed by atoms with E-state index in [1.807, 2.05) is 0 Å². The van der Waals surface area contributed by atoms with Gasteiger partial charge in [0.25, 0.3) is 0 Å². The summed E-state index contributed by atoms with van der Waals surface area (Å²) >= 11 is 0. The molecule has 0 saturated carbocycles. The highest BCUT2D eigenvalue weighted by Crippen LogP contribution is 2.41. The van der Waals surface area contributed by atoms with Crippen LogP contribution >= 0.6 is 0 Å². The smallest absolute Gasteiger partial charge is 0.0706 e. The molecule has 0 spiro atoms. The maximum Gasteiger partial charge on any atom is 0.0706 e. The van der Waals surface area contributed by atoms with Crippen LogP contribution in [-0.2, 0) is 12.8 Å². The first-order valence-corrected chi connectivity index (χ1v) is 10.4. The minimum absolute atomic E-state index is 0.554. The lowest BCUT2D eigenvalue weighted by Crippen LogP contribution is -2.12. The molecule has 27 heavy (non-hydrogen) atoms. The summed E-state index contributed by atoms with van der Waals surface area (Å²) in [6.07, 6.45) is 2.02. The maximum atomic E-state index is 5.25. The van der Waals surface area contributed by atoms with Crippen molar-refractivity contribution in [3.63, 3.8) is 0 Å². The molecule has 0 unspecified atom stereocenters. The van der Waals surface area contributed by atoms with Crippen molar-refractivity contribution in [3.8, 4) is 0 Å². The molecule has 1 aliphatic heterocycles. The number of fused-ring (bicyclic) bond motifs is 1. The highest BCUT2D eigenvalue weighted by Gasteiger charge is 2.27. The number of benzene rings is 2. The van der Waals surface area contributed by atoms with Crippen LogP contribution in [0.25, 0.3) is 0 Å². The van der Waals surface area contributed by atoms with Gasteiger partial charge in [-0.2, -0.15) is 0 Å². The summed E-state index contributed by atoms with van der Waals surface area (Å²) in [6.45, 7) is 22.8. The van der Waals surface area contributed by atoms with Crippen LogP contribution in [0.4, 0.5) is 5.69 Å². The Labute approximate surface area is 165 Å². The van der Waals surface area contributed by atoms with Crippen LogP contribution in [0.1, 0.15) is 87.9 Å². The molecule has 0 saturated heterocycles. The van der Waals surface area contributed by atoms with Crippen LogP contribution in [0.3, 0.4) is 0 Å². The minimum Gasteiger partial charge on any atom is -0.252 e. The molecule has 0 bridgehead atoms. The van der Waals surface area contributed by atoms with Crippen molar-refractivity contribution in [2.75, 3.05) is 0 Å². The van der Waals surface area contributed by atoms with Gasteiger partial charge < -0.3 is 0 Å². The van der Waals surface area contributed by atoms with E-state index >= 15 is 0 Å². The zero-order chi connectivity index (χ0) is 20.2. The second kappa shape index (κ2) is 6.93. The van der Waals surface area contributed by atoms with Crippen molar-refractivity contribution >= 4 is 11.4 Å². The molecule has 2 aromatic rings. The molecule has 0 aliphatic carbocycles. The molecule has 1 heteroatoms. The normalized spacial score (nSPS) is 13.4. The molecule has 144 valence electrons. The average molecular weight is 362 g/mol. The molecule has 0 aromatic heterocycles. The second-order valence-electron chi connectivity index (χ2n) is 8.71. The van der Waals surface area contributed by atoms with E-state index in [0.717, 1.165) is 12.8 Å². The van der Waals surface area contributed by atoms with E-state index in [0.29, 0.717) is 5.92 Å². The molecule has 1 aliphatic rings. The van der Waals surface area contributed by atoms with Crippen LogP contribution < -0.4 is 0 Å². The van der Waals surface area contributed by atoms with E-state index in [4.69, 9.17) is 4.99 Å². The molecule has 0 N–H and O–H groups in total. The highest BCUT2D eigenvalue weighted by atomic mass is 14.8. The van der Waals surface area contributed by atoms with Crippen LogP contribution in [-0.4, -0.2) is 5.71 Å². The summed E-state index contributed by atoms with van der Waals surface area (Å²) in [7, 11) is 0. The van der Waals surface area contributed by atoms with Crippen LogP contribution in [0, 0.1) is 48.5 Å². The van der Waals surface area contributed by atoms with Gasteiger partial charge in [-0.1, -0.05) is 20.8 Å². The fourth-order valence-corrected chi connectivity index (χ4v) is 5.18.